The van der Waals surface area contributed by atoms with E-state index in [1.54, 1.807) is 0 Å². The Hall–Kier alpha value is -1.09. The van der Waals surface area contributed by atoms with Gasteiger partial charge in [0.15, 0.2) is 0 Å². The highest BCUT2D eigenvalue weighted by atomic mass is 32.1. The normalized spacial score (nSPS) is 19.0. The van der Waals surface area contributed by atoms with Crippen molar-refractivity contribution in [3.8, 4) is 0 Å². The second-order valence-electron chi connectivity index (χ2n) is 5.74. The molecule has 1 aromatic carbocycles. The molecule has 2 aliphatic rings. The molecular weight excluding hydrogens is 240 g/mol. The zero-order valence-electron chi connectivity index (χ0n) is 10.8. The molecule has 18 heavy (non-hydrogen) atoms. The van der Waals surface area contributed by atoms with Gasteiger partial charge in [0.05, 0.1) is 0 Å². The lowest BCUT2D eigenvalue weighted by Crippen LogP contribution is -2.24. The molecule has 0 heterocycles. The molecule has 0 amide bonds. The van der Waals surface area contributed by atoms with E-state index in [9.17, 15) is 0 Å². The standard InChI is InChI=1S/C15H20N2S/c1-9-8-12(6-7-13(9)15(16)18)17-14(10-2-3-10)11-4-5-11/h6-8,10-11,14,17H,2-5H2,1H3,(H2,16,18). The Morgan fingerprint density at radius 2 is 1.89 bits per heavy atom. The minimum Gasteiger partial charge on any atom is -0.389 e. The van der Waals surface area contributed by atoms with Gasteiger partial charge in [0.2, 0.25) is 0 Å². The number of aryl methyl sites for hydroxylation is 1. The van der Waals surface area contributed by atoms with Crippen molar-refractivity contribution in [3.05, 3.63) is 29.3 Å². The van der Waals surface area contributed by atoms with Crippen LogP contribution in [0.3, 0.4) is 0 Å². The van der Waals surface area contributed by atoms with Gasteiger partial charge in [-0.25, -0.2) is 0 Å². The Bertz CT molecular complexity index is 463. The van der Waals surface area contributed by atoms with Crippen molar-refractivity contribution in [1.29, 1.82) is 0 Å². The highest BCUT2D eigenvalue weighted by molar-refractivity contribution is 7.80. The van der Waals surface area contributed by atoms with E-state index in [-0.39, 0.29) is 0 Å². The van der Waals surface area contributed by atoms with Crippen molar-refractivity contribution in [1.82, 2.24) is 0 Å². The number of nitrogens with two attached hydrogens (primary N) is 1. The Labute approximate surface area is 114 Å². The van der Waals surface area contributed by atoms with E-state index in [0.29, 0.717) is 11.0 Å². The van der Waals surface area contributed by atoms with Crippen LogP contribution in [-0.4, -0.2) is 11.0 Å². The minimum atomic E-state index is 0.486. The highest BCUT2D eigenvalue weighted by Crippen LogP contribution is 2.45. The Morgan fingerprint density at radius 3 is 2.33 bits per heavy atom. The maximum atomic E-state index is 5.69. The molecule has 1 aromatic rings. The van der Waals surface area contributed by atoms with Crippen molar-refractivity contribution in [2.75, 3.05) is 5.32 Å². The summed E-state index contributed by atoms with van der Waals surface area (Å²) in [7, 11) is 0. The van der Waals surface area contributed by atoms with Gasteiger partial charge < -0.3 is 11.1 Å². The Kier molecular flexibility index (Phi) is 3.02. The Balaban J connectivity index is 1.75. The van der Waals surface area contributed by atoms with Crippen LogP contribution in [0.4, 0.5) is 5.69 Å². The molecule has 0 radical (unpaired) electrons. The summed E-state index contributed by atoms with van der Waals surface area (Å²) in [6.45, 7) is 2.07. The van der Waals surface area contributed by atoms with E-state index < -0.39 is 0 Å². The van der Waals surface area contributed by atoms with E-state index >= 15 is 0 Å². The first-order chi connectivity index (χ1) is 8.65. The zero-order chi connectivity index (χ0) is 12.7. The number of nitrogens with one attached hydrogen (secondary N) is 1. The van der Waals surface area contributed by atoms with Crippen LogP contribution in [-0.2, 0) is 0 Å². The van der Waals surface area contributed by atoms with E-state index in [2.05, 4.69) is 24.4 Å². The summed E-state index contributed by atoms with van der Waals surface area (Å²) >= 11 is 5.04. The van der Waals surface area contributed by atoms with Crippen LogP contribution in [0.25, 0.3) is 0 Å². The lowest BCUT2D eigenvalue weighted by Gasteiger charge is -2.20. The first-order valence-electron chi connectivity index (χ1n) is 6.82. The fraction of sp³-hybridized carbons (Fsp3) is 0.533. The van der Waals surface area contributed by atoms with Gasteiger partial charge in [0, 0.05) is 17.3 Å². The number of benzene rings is 1. The summed E-state index contributed by atoms with van der Waals surface area (Å²) in [4.78, 5) is 0.486. The largest absolute Gasteiger partial charge is 0.389 e. The number of hydrogen-bond donors (Lipinski definition) is 2. The third-order valence-corrected chi connectivity index (χ3v) is 4.30. The molecule has 2 nitrogen and oxygen atoms in total. The zero-order valence-corrected chi connectivity index (χ0v) is 11.6. The average Bonchev–Trinajstić information content (AvgIpc) is 3.17. The molecule has 0 saturated heterocycles. The van der Waals surface area contributed by atoms with E-state index in [4.69, 9.17) is 18.0 Å². The predicted octanol–water partition coefficient (Wildman–Crippen LogP) is 3.23. The molecule has 0 bridgehead atoms. The molecule has 0 atom stereocenters. The van der Waals surface area contributed by atoms with Gasteiger partial charge in [0.25, 0.3) is 0 Å². The van der Waals surface area contributed by atoms with Crippen LogP contribution >= 0.6 is 12.2 Å². The number of hydrogen-bond acceptors (Lipinski definition) is 2. The van der Waals surface area contributed by atoms with E-state index in [1.807, 2.05) is 6.07 Å². The van der Waals surface area contributed by atoms with Crippen LogP contribution in [0.2, 0.25) is 0 Å². The highest BCUT2D eigenvalue weighted by Gasteiger charge is 2.41. The van der Waals surface area contributed by atoms with E-state index in [1.165, 1.54) is 31.4 Å². The fourth-order valence-electron chi connectivity index (χ4n) is 2.75. The monoisotopic (exact) mass is 260 g/mol. The van der Waals surface area contributed by atoms with Crippen LogP contribution in [0.5, 0.6) is 0 Å². The molecule has 0 unspecified atom stereocenters. The Morgan fingerprint density at radius 1 is 1.28 bits per heavy atom. The number of rotatable bonds is 5. The first kappa shape index (κ1) is 12.0. The molecule has 2 fully saturated rings. The number of anilines is 1. The molecule has 3 heteroatoms. The van der Waals surface area contributed by atoms with Gasteiger partial charge in [-0.15, -0.1) is 0 Å². The SMILES string of the molecule is Cc1cc(NC(C2CC2)C2CC2)ccc1C(N)=S. The number of thiocarbonyl (C=S) groups is 1. The van der Waals surface area contributed by atoms with Gasteiger partial charge in [-0.2, -0.15) is 0 Å². The minimum absolute atomic E-state index is 0.486. The molecule has 3 N–H and O–H groups in total. The second kappa shape index (κ2) is 4.54. The second-order valence-corrected chi connectivity index (χ2v) is 6.18. The van der Waals surface area contributed by atoms with E-state index in [0.717, 1.165) is 23.0 Å². The summed E-state index contributed by atoms with van der Waals surface area (Å²) in [6.07, 6.45) is 5.60. The first-order valence-corrected chi connectivity index (χ1v) is 7.23. The van der Waals surface area contributed by atoms with Gasteiger partial charge in [-0.1, -0.05) is 12.2 Å². The lowest BCUT2D eigenvalue weighted by molar-refractivity contribution is 0.568. The molecule has 0 aliphatic heterocycles. The third kappa shape index (κ3) is 2.51. The van der Waals surface area contributed by atoms with Crippen molar-refractivity contribution >= 4 is 22.9 Å². The summed E-state index contributed by atoms with van der Waals surface area (Å²) < 4.78 is 0. The van der Waals surface area contributed by atoms with Crippen molar-refractivity contribution in [2.24, 2.45) is 17.6 Å². The molecule has 0 spiro atoms. The van der Waals surface area contributed by atoms with Crippen LogP contribution in [0.1, 0.15) is 36.8 Å². The maximum absolute atomic E-state index is 5.69. The predicted molar refractivity (Wildman–Crippen MR) is 79.9 cm³/mol. The topological polar surface area (TPSA) is 38.0 Å². The van der Waals surface area contributed by atoms with Gasteiger partial charge in [-0.3, -0.25) is 0 Å². The summed E-state index contributed by atoms with van der Waals surface area (Å²) in [5.41, 5.74) is 9.07. The van der Waals surface area contributed by atoms with Crippen molar-refractivity contribution < 1.29 is 0 Å². The molecular formula is C15H20N2S. The molecule has 0 aromatic heterocycles. The summed E-state index contributed by atoms with van der Waals surface area (Å²) in [5, 5.41) is 3.73. The molecule has 96 valence electrons. The quantitative estimate of drug-likeness (QED) is 0.798. The van der Waals surface area contributed by atoms with Crippen LogP contribution in [0.15, 0.2) is 18.2 Å². The van der Waals surface area contributed by atoms with Crippen molar-refractivity contribution in [2.45, 2.75) is 38.6 Å². The fourth-order valence-corrected chi connectivity index (χ4v) is 2.98. The molecule has 3 rings (SSSR count). The molecule has 2 saturated carbocycles. The average molecular weight is 260 g/mol. The summed E-state index contributed by atoms with van der Waals surface area (Å²) in [5.74, 6) is 1.82. The summed E-state index contributed by atoms with van der Waals surface area (Å²) in [6, 6.07) is 7.02. The van der Waals surface area contributed by atoms with Crippen molar-refractivity contribution in [3.63, 3.8) is 0 Å². The third-order valence-electron chi connectivity index (χ3n) is 4.08. The van der Waals surface area contributed by atoms with Crippen LogP contribution in [0, 0.1) is 18.8 Å². The van der Waals surface area contributed by atoms with Gasteiger partial charge in [-0.05, 0) is 68.2 Å². The maximum Gasteiger partial charge on any atom is 0.104 e. The van der Waals surface area contributed by atoms with Gasteiger partial charge >= 0.3 is 0 Å². The molecule has 2 aliphatic carbocycles. The van der Waals surface area contributed by atoms with Crippen LogP contribution < -0.4 is 11.1 Å². The smallest absolute Gasteiger partial charge is 0.104 e. The lowest BCUT2D eigenvalue weighted by atomic mass is 10.0. The van der Waals surface area contributed by atoms with Gasteiger partial charge in [0.1, 0.15) is 4.99 Å².